The highest BCUT2D eigenvalue weighted by molar-refractivity contribution is 6.32. The molecule has 0 saturated heterocycles. The van der Waals surface area contributed by atoms with Gasteiger partial charge in [0.1, 0.15) is 5.75 Å². The molecule has 98 valence electrons. The van der Waals surface area contributed by atoms with Gasteiger partial charge in [-0.3, -0.25) is 4.79 Å². The summed E-state index contributed by atoms with van der Waals surface area (Å²) in [5.74, 6) is 0.508. The second kappa shape index (κ2) is 5.89. The zero-order valence-corrected chi connectivity index (χ0v) is 11.7. The maximum atomic E-state index is 12.5. The van der Waals surface area contributed by atoms with Crippen LogP contribution in [0.1, 0.15) is 28.4 Å². The predicted octanol–water partition coefficient (Wildman–Crippen LogP) is 4.14. The van der Waals surface area contributed by atoms with Crippen LogP contribution in [0.5, 0.6) is 5.75 Å². The van der Waals surface area contributed by atoms with Crippen LogP contribution >= 0.6 is 11.6 Å². The number of ether oxygens (including phenoxy) is 1. The van der Waals surface area contributed by atoms with Crippen LogP contribution in [0.2, 0.25) is 5.02 Å². The molecule has 0 heterocycles. The molecule has 0 bridgehead atoms. The molecule has 0 saturated carbocycles. The number of carbonyl (C=O) groups is 1. The van der Waals surface area contributed by atoms with E-state index in [1.807, 2.05) is 31.2 Å². The summed E-state index contributed by atoms with van der Waals surface area (Å²) in [5.41, 5.74) is 2.36. The molecule has 0 N–H and O–H groups in total. The highest BCUT2D eigenvalue weighted by Crippen LogP contribution is 2.26. The average Bonchev–Trinajstić information content (AvgIpc) is 2.47. The van der Waals surface area contributed by atoms with E-state index in [9.17, 15) is 4.79 Å². The van der Waals surface area contributed by atoms with E-state index in [0.717, 1.165) is 17.5 Å². The molecular formula is C16H15ClO2. The maximum Gasteiger partial charge on any atom is 0.193 e. The fraction of sp³-hybridized carbons (Fsp3) is 0.188. The molecule has 2 aromatic rings. The lowest BCUT2D eigenvalue weighted by atomic mass is 9.97. The number of hydrogen-bond donors (Lipinski definition) is 0. The molecule has 0 spiro atoms. The van der Waals surface area contributed by atoms with Crippen LogP contribution in [0.25, 0.3) is 0 Å². The summed E-state index contributed by atoms with van der Waals surface area (Å²) in [6.07, 6.45) is 0.826. The number of ketones is 1. The van der Waals surface area contributed by atoms with E-state index in [4.69, 9.17) is 16.3 Å². The maximum absolute atomic E-state index is 12.5. The number of carbonyl (C=O) groups excluding carboxylic acids is 1. The number of hydrogen-bond acceptors (Lipinski definition) is 2. The van der Waals surface area contributed by atoms with Gasteiger partial charge in [0.05, 0.1) is 12.1 Å². The van der Waals surface area contributed by atoms with Gasteiger partial charge in [-0.25, -0.2) is 0 Å². The van der Waals surface area contributed by atoms with Crippen LogP contribution in [0.15, 0.2) is 42.5 Å². The Morgan fingerprint density at radius 3 is 2.63 bits per heavy atom. The van der Waals surface area contributed by atoms with Gasteiger partial charge < -0.3 is 4.74 Å². The number of methoxy groups -OCH3 is 1. The van der Waals surface area contributed by atoms with Crippen molar-refractivity contribution < 1.29 is 9.53 Å². The van der Waals surface area contributed by atoms with Crippen molar-refractivity contribution in [1.82, 2.24) is 0 Å². The SMILES string of the molecule is CCc1ccccc1C(=O)c1ccc(Cl)c(OC)c1. The van der Waals surface area contributed by atoms with Crippen molar-refractivity contribution in [1.29, 1.82) is 0 Å². The molecule has 0 fully saturated rings. The summed E-state index contributed by atoms with van der Waals surface area (Å²) in [6.45, 7) is 2.04. The summed E-state index contributed by atoms with van der Waals surface area (Å²) < 4.78 is 5.14. The van der Waals surface area contributed by atoms with Crippen molar-refractivity contribution in [2.75, 3.05) is 7.11 Å². The van der Waals surface area contributed by atoms with Gasteiger partial charge in [0.25, 0.3) is 0 Å². The lowest BCUT2D eigenvalue weighted by molar-refractivity contribution is 0.103. The van der Waals surface area contributed by atoms with Gasteiger partial charge >= 0.3 is 0 Å². The Hall–Kier alpha value is -1.80. The molecule has 2 rings (SSSR count). The van der Waals surface area contributed by atoms with E-state index >= 15 is 0 Å². The van der Waals surface area contributed by atoms with Crippen LogP contribution in [0.4, 0.5) is 0 Å². The Balaban J connectivity index is 2.44. The molecule has 0 amide bonds. The van der Waals surface area contributed by atoms with Crippen molar-refractivity contribution >= 4 is 17.4 Å². The molecule has 0 aliphatic rings. The van der Waals surface area contributed by atoms with Gasteiger partial charge in [-0.05, 0) is 30.2 Å². The van der Waals surface area contributed by atoms with E-state index in [-0.39, 0.29) is 5.78 Å². The van der Waals surface area contributed by atoms with E-state index in [2.05, 4.69) is 0 Å². The molecular weight excluding hydrogens is 260 g/mol. The first-order chi connectivity index (χ1) is 9.17. The summed E-state index contributed by atoms with van der Waals surface area (Å²) in [7, 11) is 1.54. The summed E-state index contributed by atoms with van der Waals surface area (Å²) in [6, 6.07) is 12.7. The minimum absolute atomic E-state index is 0.00702. The first kappa shape index (κ1) is 13.6. The Morgan fingerprint density at radius 1 is 1.21 bits per heavy atom. The third-order valence-corrected chi connectivity index (χ3v) is 3.37. The van der Waals surface area contributed by atoms with E-state index < -0.39 is 0 Å². The fourth-order valence-corrected chi connectivity index (χ4v) is 2.20. The monoisotopic (exact) mass is 274 g/mol. The number of rotatable bonds is 4. The van der Waals surface area contributed by atoms with E-state index in [1.165, 1.54) is 7.11 Å². The van der Waals surface area contributed by atoms with E-state index in [1.54, 1.807) is 18.2 Å². The van der Waals surface area contributed by atoms with Crippen molar-refractivity contribution in [3.05, 3.63) is 64.2 Å². The van der Waals surface area contributed by atoms with Gasteiger partial charge in [-0.1, -0.05) is 42.8 Å². The molecule has 2 nitrogen and oxygen atoms in total. The molecule has 3 heteroatoms. The van der Waals surface area contributed by atoms with Crippen molar-refractivity contribution in [2.45, 2.75) is 13.3 Å². The number of benzene rings is 2. The van der Waals surface area contributed by atoms with Gasteiger partial charge in [0.15, 0.2) is 5.78 Å². The summed E-state index contributed by atoms with van der Waals surface area (Å²) in [4.78, 5) is 12.5. The zero-order chi connectivity index (χ0) is 13.8. The topological polar surface area (TPSA) is 26.3 Å². The van der Waals surface area contributed by atoms with Crippen LogP contribution in [-0.4, -0.2) is 12.9 Å². The second-order valence-electron chi connectivity index (χ2n) is 4.19. The normalized spacial score (nSPS) is 10.3. The smallest absolute Gasteiger partial charge is 0.193 e. The molecule has 19 heavy (non-hydrogen) atoms. The summed E-state index contributed by atoms with van der Waals surface area (Å²) >= 11 is 5.97. The molecule has 0 aliphatic heterocycles. The zero-order valence-electron chi connectivity index (χ0n) is 10.9. The molecule has 0 aromatic heterocycles. The first-order valence-electron chi connectivity index (χ1n) is 6.13. The van der Waals surface area contributed by atoms with Crippen molar-refractivity contribution in [2.24, 2.45) is 0 Å². The summed E-state index contributed by atoms with van der Waals surface area (Å²) in [5, 5.41) is 0.503. The average molecular weight is 275 g/mol. The van der Waals surface area contributed by atoms with Gasteiger partial charge in [-0.2, -0.15) is 0 Å². The lowest BCUT2D eigenvalue weighted by Crippen LogP contribution is -2.05. The minimum Gasteiger partial charge on any atom is -0.495 e. The van der Waals surface area contributed by atoms with Crippen LogP contribution in [0, 0.1) is 0 Å². The van der Waals surface area contributed by atoms with Crippen molar-refractivity contribution in [3.8, 4) is 5.75 Å². The standard InChI is InChI=1S/C16H15ClO2/c1-3-11-6-4-5-7-13(11)16(18)12-8-9-14(17)15(10-12)19-2/h4-10H,3H2,1-2H3. The van der Waals surface area contributed by atoms with Gasteiger partial charge in [-0.15, -0.1) is 0 Å². The van der Waals surface area contributed by atoms with Crippen molar-refractivity contribution in [3.63, 3.8) is 0 Å². The molecule has 0 unspecified atom stereocenters. The number of aryl methyl sites for hydroxylation is 1. The van der Waals surface area contributed by atoms with Crippen LogP contribution < -0.4 is 4.74 Å². The minimum atomic E-state index is -0.00702. The third kappa shape index (κ3) is 2.79. The third-order valence-electron chi connectivity index (χ3n) is 3.06. The predicted molar refractivity (Wildman–Crippen MR) is 77.3 cm³/mol. The molecule has 0 radical (unpaired) electrons. The molecule has 2 aromatic carbocycles. The Labute approximate surface area is 118 Å². The first-order valence-corrected chi connectivity index (χ1v) is 6.51. The Kier molecular flexibility index (Phi) is 4.23. The largest absolute Gasteiger partial charge is 0.495 e. The van der Waals surface area contributed by atoms with Gasteiger partial charge in [0, 0.05) is 11.1 Å². The quantitative estimate of drug-likeness (QED) is 0.783. The Morgan fingerprint density at radius 2 is 1.95 bits per heavy atom. The molecule has 0 aliphatic carbocycles. The van der Waals surface area contributed by atoms with Gasteiger partial charge in [0.2, 0.25) is 0 Å². The molecule has 0 atom stereocenters. The van der Waals surface area contributed by atoms with E-state index in [0.29, 0.717) is 16.3 Å². The fourth-order valence-electron chi connectivity index (χ4n) is 2.01. The highest BCUT2D eigenvalue weighted by atomic mass is 35.5. The van der Waals surface area contributed by atoms with Crippen LogP contribution in [-0.2, 0) is 6.42 Å². The highest BCUT2D eigenvalue weighted by Gasteiger charge is 2.14. The number of halogens is 1. The Bertz CT molecular complexity index is 605. The van der Waals surface area contributed by atoms with Crippen LogP contribution in [0.3, 0.4) is 0 Å². The lowest BCUT2D eigenvalue weighted by Gasteiger charge is -2.09. The second-order valence-corrected chi connectivity index (χ2v) is 4.60.